The van der Waals surface area contributed by atoms with Gasteiger partial charge in [0.15, 0.2) is 12.1 Å². The summed E-state index contributed by atoms with van der Waals surface area (Å²) >= 11 is 0. The van der Waals surface area contributed by atoms with Gasteiger partial charge in [-0.05, 0) is 18.8 Å². The van der Waals surface area contributed by atoms with Crippen molar-refractivity contribution in [3.05, 3.63) is 0 Å². The molecular weight excluding hydrogens is 362 g/mol. The topological polar surface area (TPSA) is 56.7 Å². The fourth-order valence-electron chi connectivity index (χ4n) is 1.47. The molecule has 1 saturated carbocycles. The average molecular weight is 381 g/mol. The van der Waals surface area contributed by atoms with Crippen molar-refractivity contribution in [2.45, 2.75) is 31.5 Å². The van der Waals surface area contributed by atoms with Gasteiger partial charge in [-0.1, -0.05) is 6.42 Å². The second-order valence-corrected chi connectivity index (χ2v) is 4.19. The Morgan fingerprint density at radius 2 is 2.00 bits per heavy atom. The molecule has 1 unspecified atom stereocenters. The van der Waals surface area contributed by atoms with Crippen LogP contribution in [0.4, 0.5) is 13.2 Å². The van der Waals surface area contributed by atoms with Crippen LogP contribution in [-0.2, 0) is 0 Å². The second kappa shape index (κ2) is 8.03. The van der Waals surface area contributed by atoms with Crippen LogP contribution < -0.4 is 10.6 Å². The van der Waals surface area contributed by atoms with E-state index in [9.17, 15) is 13.2 Å². The molecule has 0 aromatic heterocycles. The molecule has 1 atom stereocenters. The highest BCUT2D eigenvalue weighted by Gasteiger charge is 2.38. The van der Waals surface area contributed by atoms with E-state index in [2.05, 4.69) is 15.6 Å². The first-order valence-electron chi connectivity index (χ1n) is 5.62. The molecule has 0 heterocycles. The largest absolute Gasteiger partial charge is 0.416 e. The summed E-state index contributed by atoms with van der Waals surface area (Å²) in [5, 5.41) is 14.2. The number of nitrogens with zero attached hydrogens (tertiary/aromatic N) is 1. The van der Waals surface area contributed by atoms with Crippen LogP contribution in [0, 0.1) is 5.92 Å². The highest BCUT2D eigenvalue weighted by molar-refractivity contribution is 14.0. The van der Waals surface area contributed by atoms with Crippen molar-refractivity contribution < 1.29 is 18.3 Å². The molecule has 1 fully saturated rings. The highest BCUT2D eigenvalue weighted by Crippen LogP contribution is 2.25. The first-order valence-corrected chi connectivity index (χ1v) is 5.62. The Hall–Kier alpha value is -0.250. The third kappa shape index (κ3) is 6.07. The minimum atomic E-state index is -4.60. The van der Waals surface area contributed by atoms with Crippen molar-refractivity contribution in [2.75, 3.05) is 20.1 Å². The summed E-state index contributed by atoms with van der Waals surface area (Å²) in [6.07, 6.45) is -3.46. The lowest BCUT2D eigenvalue weighted by atomic mass is 9.85. The van der Waals surface area contributed by atoms with Gasteiger partial charge in [0.1, 0.15) is 0 Å². The van der Waals surface area contributed by atoms with Gasteiger partial charge in [-0.3, -0.25) is 4.99 Å². The van der Waals surface area contributed by atoms with Crippen molar-refractivity contribution >= 4 is 29.9 Å². The lowest BCUT2D eigenvalue weighted by Gasteiger charge is -2.26. The van der Waals surface area contributed by atoms with Gasteiger partial charge in [0.2, 0.25) is 0 Å². The molecule has 8 heteroatoms. The highest BCUT2D eigenvalue weighted by atomic mass is 127. The SMILES string of the molecule is CN=C(NCC1CCC1)NCC(O)C(F)(F)F.I. The van der Waals surface area contributed by atoms with Crippen LogP contribution in [0.15, 0.2) is 4.99 Å². The monoisotopic (exact) mass is 381 g/mol. The zero-order valence-electron chi connectivity index (χ0n) is 10.1. The van der Waals surface area contributed by atoms with Crippen molar-refractivity contribution in [1.82, 2.24) is 10.6 Å². The molecule has 0 aliphatic heterocycles. The molecule has 0 bridgehead atoms. The van der Waals surface area contributed by atoms with Crippen molar-refractivity contribution in [1.29, 1.82) is 0 Å². The Morgan fingerprint density at radius 3 is 2.39 bits per heavy atom. The maximum absolute atomic E-state index is 12.0. The quantitative estimate of drug-likeness (QED) is 0.393. The molecule has 18 heavy (non-hydrogen) atoms. The zero-order valence-corrected chi connectivity index (χ0v) is 12.5. The standard InChI is InChI=1S/C10H18F3N3O.HI/c1-14-9(15-5-7-3-2-4-7)16-6-8(17)10(11,12)13;/h7-8,17H,2-6H2,1H3,(H2,14,15,16);1H. The lowest BCUT2D eigenvalue weighted by molar-refractivity contribution is -0.201. The van der Waals surface area contributed by atoms with Crippen molar-refractivity contribution in [2.24, 2.45) is 10.9 Å². The fraction of sp³-hybridized carbons (Fsp3) is 0.900. The maximum Gasteiger partial charge on any atom is 0.416 e. The van der Waals surface area contributed by atoms with Crippen LogP contribution in [0.25, 0.3) is 0 Å². The van der Waals surface area contributed by atoms with E-state index in [0.717, 1.165) is 12.8 Å². The molecule has 1 rings (SSSR count). The molecule has 3 N–H and O–H groups in total. The summed E-state index contributed by atoms with van der Waals surface area (Å²) in [5.41, 5.74) is 0. The number of aliphatic imine (C=N–C) groups is 1. The van der Waals surface area contributed by atoms with Gasteiger partial charge in [-0.25, -0.2) is 0 Å². The van der Waals surface area contributed by atoms with Gasteiger partial charge in [-0.2, -0.15) is 13.2 Å². The number of halogens is 4. The van der Waals surface area contributed by atoms with E-state index in [1.807, 2.05) is 0 Å². The minimum absolute atomic E-state index is 0. The molecule has 108 valence electrons. The smallest absolute Gasteiger partial charge is 0.382 e. The normalized spacial score (nSPS) is 18.6. The Morgan fingerprint density at radius 1 is 1.39 bits per heavy atom. The van der Waals surface area contributed by atoms with Crippen molar-refractivity contribution in [3.8, 4) is 0 Å². The first kappa shape index (κ1) is 17.8. The van der Waals surface area contributed by atoms with E-state index in [1.165, 1.54) is 13.5 Å². The van der Waals surface area contributed by atoms with Gasteiger partial charge in [-0.15, -0.1) is 24.0 Å². The number of aliphatic hydroxyl groups excluding tert-OH is 1. The first-order chi connectivity index (χ1) is 7.93. The van der Waals surface area contributed by atoms with E-state index in [0.29, 0.717) is 18.4 Å². The lowest BCUT2D eigenvalue weighted by Crippen LogP contribution is -2.46. The Balaban J connectivity index is 0.00000289. The van der Waals surface area contributed by atoms with E-state index in [-0.39, 0.29) is 24.0 Å². The summed E-state index contributed by atoms with van der Waals surface area (Å²) in [7, 11) is 1.48. The summed E-state index contributed by atoms with van der Waals surface area (Å²) in [6.45, 7) is 0.121. The van der Waals surface area contributed by atoms with Gasteiger partial charge >= 0.3 is 6.18 Å². The van der Waals surface area contributed by atoms with Crippen LogP contribution in [0.1, 0.15) is 19.3 Å². The van der Waals surface area contributed by atoms with Crippen LogP contribution in [0.3, 0.4) is 0 Å². The van der Waals surface area contributed by atoms with E-state index >= 15 is 0 Å². The summed E-state index contributed by atoms with van der Waals surface area (Å²) in [4.78, 5) is 3.79. The summed E-state index contributed by atoms with van der Waals surface area (Å²) in [5.74, 6) is 0.876. The summed E-state index contributed by atoms with van der Waals surface area (Å²) in [6, 6.07) is 0. The van der Waals surface area contributed by atoms with Gasteiger partial charge in [0.25, 0.3) is 0 Å². The number of rotatable bonds is 4. The van der Waals surface area contributed by atoms with E-state index in [1.54, 1.807) is 0 Å². The van der Waals surface area contributed by atoms with Crippen LogP contribution in [0.2, 0.25) is 0 Å². The molecule has 0 saturated heterocycles. The molecule has 0 aromatic rings. The predicted molar refractivity (Wildman–Crippen MR) is 74.2 cm³/mol. The Labute approximate surface area is 121 Å². The molecule has 0 spiro atoms. The second-order valence-electron chi connectivity index (χ2n) is 4.19. The third-order valence-electron chi connectivity index (χ3n) is 2.85. The molecular formula is C10H19F3IN3O. The number of alkyl halides is 3. The number of nitrogens with one attached hydrogen (secondary N) is 2. The molecule has 0 aromatic carbocycles. The van der Waals surface area contributed by atoms with Crippen molar-refractivity contribution in [3.63, 3.8) is 0 Å². The predicted octanol–water partition coefficient (Wildman–Crippen LogP) is 1.49. The Bertz CT molecular complexity index is 270. The molecule has 1 aliphatic carbocycles. The third-order valence-corrected chi connectivity index (χ3v) is 2.85. The Kier molecular flexibility index (Phi) is 7.92. The molecule has 1 aliphatic rings. The summed E-state index contributed by atoms with van der Waals surface area (Å²) < 4.78 is 36.1. The number of hydrogen-bond acceptors (Lipinski definition) is 2. The van der Waals surface area contributed by atoms with Crippen LogP contribution >= 0.6 is 24.0 Å². The number of hydrogen-bond donors (Lipinski definition) is 3. The molecule has 0 amide bonds. The maximum atomic E-state index is 12.0. The van der Waals surface area contributed by atoms with Crippen LogP contribution in [0.5, 0.6) is 0 Å². The van der Waals surface area contributed by atoms with Gasteiger partial charge < -0.3 is 15.7 Å². The fourth-order valence-corrected chi connectivity index (χ4v) is 1.47. The van der Waals surface area contributed by atoms with E-state index < -0.39 is 18.8 Å². The van der Waals surface area contributed by atoms with Gasteiger partial charge in [0.05, 0.1) is 6.54 Å². The molecule has 4 nitrogen and oxygen atoms in total. The molecule has 0 radical (unpaired) electrons. The van der Waals surface area contributed by atoms with Crippen LogP contribution in [-0.4, -0.2) is 43.5 Å². The number of aliphatic hydroxyl groups is 1. The zero-order chi connectivity index (χ0) is 12.9. The van der Waals surface area contributed by atoms with E-state index in [4.69, 9.17) is 5.11 Å². The number of guanidine groups is 1. The minimum Gasteiger partial charge on any atom is -0.382 e. The average Bonchev–Trinajstić information content (AvgIpc) is 2.18. The van der Waals surface area contributed by atoms with Gasteiger partial charge in [0, 0.05) is 13.6 Å².